The zero-order chi connectivity index (χ0) is 15.2. The minimum absolute atomic E-state index is 0.239. The normalized spacial score (nSPS) is 17.7. The number of amides is 2. The van der Waals surface area contributed by atoms with Crippen molar-refractivity contribution in [2.24, 2.45) is 16.1 Å². The number of carbonyl (C=O) groups excluding carboxylic acids is 2. The van der Waals surface area contributed by atoms with E-state index in [0.29, 0.717) is 11.4 Å². The van der Waals surface area contributed by atoms with Gasteiger partial charge in [-0.05, 0) is 19.1 Å². The van der Waals surface area contributed by atoms with Gasteiger partial charge in [0.15, 0.2) is 0 Å². The number of hydrogen-bond donors (Lipinski definition) is 1. The predicted molar refractivity (Wildman–Crippen MR) is 77.4 cm³/mol. The molecule has 0 saturated heterocycles. The fourth-order valence-corrected chi connectivity index (χ4v) is 1.80. The second-order valence-electron chi connectivity index (χ2n) is 4.35. The summed E-state index contributed by atoms with van der Waals surface area (Å²) in [6.07, 6.45) is 1.04. The van der Waals surface area contributed by atoms with Gasteiger partial charge in [-0.3, -0.25) is 9.59 Å². The lowest BCUT2D eigenvalue weighted by Gasteiger charge is -2.12. The number of nitrogens with one attached hydrogen (secondary N) is 1. The van der Waals surface area contributed by atoms with E-state index in [2.05, 4.69) is 15.6 Å². The van der Waals surface area contributed by atoms with E-state index in [9.17, 15) is 9.59 Å². The predicted octanol–water partition coefficient (Wildman–Crippen LogP) is 1.04. The Hall–Kier alpha value is -3.01. The van der Waals surface area contributed by atoms with Gasteiger partial charge in [0.25, 0.3) is 11.8 Å². The van der Waals surface area contributed by atoms with E-state index >= 15 is 0 Å². The van der Waals surface area contributed by atoms with Crippen LogP contribution in [-0.2, 0) is 9.59 Å². The van der Waals surface area contributed by atoms with Crippen LogP contribution in [0.3, 0.4) is 0 Å². The number of nitrogens with zero attached hydrogens (tertiary/aromatic N) is 4. The average Bonchev–Trinajstić information content (AvgIpc) is 2.76. The largest absolute Gasteiger partial charge is 0.272 e. The molecule has 1 heterocycles. The number of anilines is 1. The van der Waals surface area contributed by atoms with Crippen molar-refractivity contribution in [2.75, 3.05) is 5.01 Å². The summed E-state index contributed by atoms with van der Waals surface area (Å²) in [6, 6.07) is 10.8. The van der Waals surface area contributed by atoms with Gasteiger partial charge in [0.2, 0.25) is 0 Å². The summed E-state index contributed by atoms with van der Waals surface area (Å²) >= 11 is 0. The van der Waals surface area contributed by atoms with Crippen LogP contribution in [0.25, 0.3) is 0 Å². The van der Waals surface area contributed by atoms with Crippen molar-refractivity contribution in [3.05, 3.63) is 30.3 Å². The number of benzene rings is 1. The quantitative estimate of drug-likeness (QED) is 0.660. The first-order valence-corrected chi connectivity index (χ1v) is 6.26. The molecule has 1 atom stereocenters. The van der Waals surface area contributed by atoms with Gasteiger partial charge in [-0.2, -0.15) is 20.5 Å². The molecular weight excluding hydrogens is 270 g/mol. The smallest absolute Gasteiger partial charge is 0.261 e. The van der Waals surface area contributed by atoms with Crippen LogP contribution in [0.5, 0.6) is 0 Å². The molecule has 0 aliphatic carbocycles. The monoisotopic (exact) mass is 283 g/mol. The maximum Gasteiger partial charge on any atom is 0.261 e. The van der Waals surface area contributed by atoms with E-state index in [1.165, 1.54) is 11.2 Å². The molecule has 0 bridgehead atoms. The highest BCUT2D eigenvalue weighted by atomic mass is 16.2. The summed E-state index contributed by atoms with van der Waals surface area (Å²) in [5.74, 6) is -1.38. The van der Waals surface area contributed by atoms with Crippen LogP contribution in [0.2, 0.25) is 0 Å². The van der Waals surface area contributed by atoms with Crippen LogP contribution in [-0.4, -0.2) is 23.7 Å². The zero-order valence-corrected chi connectivity index (χ0v) is 11.4. The third-order valence-corrected chi connectivity index (χ3v) is 2.84. The molecule has 2 amide bonds. The van der Waals surface area contributed by atoms with Crippen LogP contribution in [0.1, 0.15) is 13.3 Å². The van der Waals surface area contributed by atoms with Gasteiger partial charge in [0.05, 0.1) is 17.5 Å². The summed E-state index contributed by atoms with van der Waals surface area (Å²) in [4.78, 5) is 23.4. The summed E-state index contributed by atoms with van der Waals surface area (Å²) in [5.41, 5.74) is 3.45. The molecule has 7 heteroatoms. The molecule has 1 aromatic rings. The highest BCUT2D eigenvalue weighted by molar-refractivity contribution is 6.23. The van der Waals surface area contributed by atoms with Crippen LogP contribution in [0.15, 0.2) is 40.5 Å². The molecule has 0 saturated carbocycles. The second kappa shape index (κ2) is 6.43. The minimum Gasteiger partial charge on any atom is -0.272 e. The fourth-order valence-electron chi connectivity index (χ4n) is 1.80. The summed E-state index contributed by atoms with van der Waals surface area (Å²) in [7, 11) is 0. The Kier molecular flexibility index (Phi) is 4.41. The molecule has 7 nitrogen and oxygen atoms in total. The number of hydrogen-bond acceptors (Lipinski definition) is 5. The number of hydrazone groups is 2. The minimum atomic E-state index is -0.618. The van der Waals surface area contributed by atoms with Crippen LogP contribution in [0, 0.1) is 17.2 Å². The zero-order valence-electron chi connectivity index (χ0n) is 11.4. The number of rotatable bonds is 4. The number of carbonyl (C=O) groups is 2. The second-order valence-corrected chi connectivity index (χ2v) is 4.35. The molecule has 1 N–H and O–H groups in total. The lowest BCUT2D eigenvalue weighted by molar-refractivity contribution is -0.120. The van der Waals surface area contributed by atoms with Crippen molar-refractivity contribution < 1.29 is 9.59 Å². The molecule has 0 spiro atoms. The third kappa shape index (κ3) is 3.30. The Labute approximate surface area is 121 Å². The molecule has 21 heavy (non-hydrogen) atoms. The van der Waals surface area contributed by atoms with Crippen molar-refractivity contribution >= 4 is 29.4 Å². The lowest BCUT2D eigenvalue weighted by Crippen LogP contribution is -2.29. The van der Waals surface area contributed by atoms with Gasteiger partial charge in [-0.25, -0.2) is 5.43 Å². The highest BCUT2D eigenvalue weighted by Crippen LogP contribution is 2.22. The molecule has 0 fully saturated rings. The molecule has 2 rings (SSSR count). The van der Waals surface area contributed by atoms with Crippen molar-refractivity contribution in [3.63, 3.8) is 0 Å². The molecule has 0 unspecified atom stereocenters. The molecule has 0 radical (unpaired) electrons. The lowest BCUT2D eigenvalue weighted by atomic mass is 10.1. The standard InChI is InChI=1S/C14H13N5O2/c1-10-12(9-16-17-13(20)7-8-15)14(21)19(18-10)11-5-3-2-4-6-11/h2-6,9,12H,7H2,1H3,(H,17,20)/b16-9+/t12-/m0/s1. The fraction of sp³-hybridized carbons (Fsp3) is 0.214. The van der Waals surface area contributed by atoms with Crippen molar-refractivity contribution in [2.45, 2.75) is 13.3 Å². The van der Waals surface area contributed by atoms with Gasteiger partial charge >= 0.3 is 0 Å². The van der Waals surface area contributed by atoms with Crippen molar-refractivity contribution in [1.29, 1.82) is 5.26 Å². The Morgan fingerprint density at radius 2 is 2.24 bits per heavy atom. The van der Waals surface area contributed by atoms with Gasteiger partial charge in [-0.1, -0.05) is 18.2 Å². The first-order valence-electron chi connectivity index (χ1n) is 6.26. The first kappa shape index (κ1) is 14.4. The van der Waals surface area contributed by atoms with Gasteiger partial charge in [0, 0.05) is 6.21 Å². The number of para-hydroxylation sites is 1. The molecule has 1 aliphatic heterocycles. The highest BCUT2D eigenvalue weighted by Gasteiger charge is 2.33. The maximum atomic E-state index is 12.3. The SMILES string of the molecule is CC1=NN(c2ccccc2)C(=O)[C@H]1/C=N/NC(=O)CC#N. The van der Waals surface area contributed by atoms with E-state index in [1.807, 2.05) is 18.2 Å². The van der Waals surface area contributed by atoms with Crippen LogP contribution < -0.4 is 10.4 Å². The Morgan fingerprint density at radius 1 is 1.52 bits per heavy atom. The van der Waals surface area contributed by atoms with Gasteiger partial charge in [-0.15, -0.1) is 0 Å². The summed E-state index contributed by atoms with van der Waals surface area (Å²) in [6.45, 7) is 1.72. The van der Waals surface area contributed by atoms with Gasteiger partial charge < -0.3 is 0 Å². The molecule has 106 valence electrons. The molecular formula is C14H13N5O2. The first-order chi connectivity index (χ1) is 10.1. The van der Waals surface area contributed by atoms with Crippen LogP contribution in [0.4, 0.5) is 5.69 Å². The van der Waals surface area contributed by atoms with E-state index in [1.54, 1.807) is 25.1 Å². The van der Waals surface area contributed by atoms with Gasteiger partial charge in [0.1, 0.15) is 12.3 Å². The maximum absolute atomic E-state index is 12.3. The Morgan fingerprint density at radius 3 is 2.90 bits per heavy atom. The number of nitriles is 1. The topological polar surface area (TPSA) is 97.9 Å². The van der Waals surface area contributed by atoms with E-state index < -0.39 is 11.8 Å². The van der Waals surface area contributed by atoms with Crippen molar-refractivity contribution in [3.8, 4) is 6.07 Å². The van der Waals surface area contributed by atoms with Crippen LogP contribution >= 0.6 is 0 Å². The summed E-state index contributed by atoms with van der Waals surface area (Å²) in [5, 5.41) is 17.6. The third-order valence-electron chi connectivity index (χ3n) is 2.84. The molecule has 0 aromatic heterocycles. The van der Waals surface area contributed by atoms with E-state index in [-0.39, 0.29) is 12.3 Å². The Balaban J connectivity index is 2.06. The molecule has 1 aromatic carbocycles. The van der Waals surface area contributed by atoms with E-state index in [0.717, 1.165) is 0 Å². The van der Waals surface area contributed by atoms with E-state index in [4.69, 9.17) is 5.26 Å². The Bertz CT molecular complexity index is 645. The van der Waals surface area contributed by atoms with Crippen molar-refractivity contribution in [1.82, 2.24) is 5.43 Å². The average molecular weight is 283 g/mol. The molecule has 1 aliphatic rings. The summed E-state index contributed by atoms with van der Waals surface area (Å²) < 4.78 is 0.